The second-order valence-corrected chi connectivity index (χ2v) is 5.63. The van der Waals surface area contributed by atoms with E-state index in [0.717, 1.165) is 25.2 Å². The first-order valence-electron chi connectivity index (χ1n) is 5.79. The zero-order valence-electron chi connectivity index (χ0n) is 9.97. The number of hydrogen-bond donors (Lipinski definition) is 0. The fourth-order valence-corrected chi connectivity index (χ4v) is 2.14. The molecule has 1 aromatic rings. The van der Waals surface area contributed by atoms with Crippen LogP contribution in [0.25, 0.3) is 0 Å². The van der Waals surface area contributed by atoms with Gasteiger partial charge in [-0.15, -0.1) is 0 Å². The SMILES string of the molecule is CC(C)(C)Cc1ccc2c(c1)CCCO2. The number of fused-ring (bicyclic) bond motifs is 1. The summed E-state index contributed by atoms with van der Waals surface area (Å²) in [5, 5.41) is 0. The maximum Gasteiger partial charge on any atom is 0.122 e. The van der Waals surface area contributed by atoms with Crippen LogP contribution in [-0.2, 0) is 12.8 Å². The molecule has 0 radical (unpaired) electrons. The van der Waals surface area contributed by atoms with Crippen molar-refractivity contribution in [1.82, 2.24) is 0 Å². The Morgan fingerprint density at radius 2 is 2.07 bits per heavy atom. The van der Waals surface area contributed by atoms with Crippen molar-refractivity contribution >= 4 is 0 Å². The summed E-state index contributed by atoms with van der Waals surface area (Å²) in [6, 6.07) is 6.66. The Morgan fingerprint density at radius 1 is 1.27 bits per heavy atom. The minimum absolute atomic E-state index is 0.365. The van der Waals surface area contributed by atoms with E-state index in [1.807, 2.05) is 0 Å². The Labute approximate surface area is 92.5 Å². The average molecular weight is 204 g/mol. The fourth-order valence-electron chi connectivity index (χ4n) is 2.14. The Kier molecular flexibility index (Phi) is 2.72. The standard InChI is InChI=1S/C14H20O/c1-14(2,3)10-11-6-7-13-12(9-11)5-4-8-15-13/h6-7,9H,4-5,8,10H2,1-3H3. The second kappa shape index (κ2) is 3.88. The molecule has 0 spiro atoms. The van der Waals surface area contributed by atoms with Crippen LogP contribution in [0.1, 0.15) is 38.3 Å². The van der Waals surface area contributed by atoms with Gasteiger partial charge in [0.1, 0.15) is 5.75 Å². The molecule has 1 aliphatic heterocycles. The molecule has 0 bridgehead atoms. The highest BCUT2D eigenvalue weighted by Crippen LogP contribution is 2.28. The van der Waals surface area contributed by atoms with Gasteiger partial charge < -0.3 is 4.74 Å². The first-order valence-corrected chi connectivity index (χ1v) is 5.79. The summed E-state index contributed by atoms with van der Waals surface area (Å²) in [5.74, 6) is 1.10. The lowest BCUT2D eigenvalue weighted by Crippen LogP contribution is -2.12. The molecule has 0 unspecified atom stereocenters. The maximum absolute atomic E-state index is 5.61. The minimum Gasteiger partial charge on any atom is -0.493 e. The molecule has 0 atom stereocenters. The topological polar surface area (TPSA) is 9.23 Å². The lowest BCUT2D eigenvalue weighted by atomic mass is 9.87. The van der Waals surface area contributed by atoms with Crippen LogP contribution in [0.5, 0.6) is 5.75 Å². The van der Waals surface area contributed by atoms with Gasteiger partial charge in [-0.1, -0.05) is 32.9 Å². The molecule has 0 saturated carbocycles. The van der Waals surface area contributed by atoms with Gasteiger partial charge >= 0.3 is 0 Å². The Morgan fingerprint density at radius 3 is 2.80 bits per heavy atom. The molecule has 1 nitrogen and oxygen atoms in total. The molecule has 0 saturated heterocycles. The van der Waals surface area contributed by atoms with E-state index in [2.05, 4.69) is 39.0 Å². The molecule has 15 heavy (non-hydrogen) atoms. The number of ether oxygens (including phenoxy) is 1. The van der Waals surface area contributed by atoms with Gasteiger partial charge in [-0.3, -0.25) is 0 Å². The van der Waals surface area contributed by atoms with Gasteiger partial charge in [-0.2, -0.15) is 0 Å². The van der Waals surface area contributed by atoms with Crippen molar-refractivity contribution in [1.29, 1.82) is 0 Å². The molecule has 1 aliphatic rings. The van der Waals surface area contributed by atoms with Gasteiger partial charge in [0.05, 0.1) is 6.61 Å². The van der Waals surface area contributed by atoms with Crippen LogP contribution in [0, 0.1) is 5.41 Å². The first-order chi connectivity index (χ1) is 7.04. The van der Waals surface area contributed by atoms with E-state index in [-0.39, 0.29) is 0 Å². The highest BCUT2D eigenvalue weighted by molar-refractivity contribution is 5.38. The van der Waals surface area contributed by atoms with Gasteiger partial charge in [-0.05, 0) is 41.9 Å². The van der Waals surface area contributed by atoms with Crippen LogP contribution < -0.4 is 4.74 Å². The molecule has 0 fully saturated rings. The zero-order valence-corrected chi connectivity index (χ0v) is 9.97. The van der Waals surface area contributed by atoms with Crippen molar-refractivity contribution in [2.24, 2.45) is 5.41 Å². The van der Waals surface area contributed by atoms with Crippen molar-refractivity contribution in [2.45, 2.75) is 40.0 Å². The third kappa shape index (κ3) is 2.74. The highest BCUT2D eigenvalue weighted by Gasteiger charge is 2.14. The quantitative estimate of drug-likeness (QED) is 0.679. The summed E-state index contributed by atoms with van der Waals surface area (Å²) < 4.78 is 5.61. The second-order valence-electron chi connectivity index (χ2n) is 5.63. The van der Waals surface area contributed by atoms with Gasteiger partial charge in [0.25, 0.3) is 0 Å². The lowest BCUT2D eigenvalue weighted by Gasteiger charge is -2.21. The molecular formula is C14H20O. The van der Waals surface area contributed by atoms with Crippen LogP contribution >= 0.6 is 0 Å². The predicted molar refractivity (Wildman–Crippen MR) is 63.4 cm³/mol. The van der Waals surface area contributed by atoms with E-state index in [1.165, 1.54) is 17.5 Å². The molecule has 1 heterocycles. The van der Waals surface area contributed by atoms with Gasteiger partial charge in [0.15, 0.2) is 0 Å². The summed E-state index contributed by atoms with van der Waals surface area (Å²) in [7, 11) is 0. The van der Waals surface area contributed by atoms with E-state index in [4.69, 9.17) is 4.74 Å². The molecule has 1 heteroatoms. The molecule has 0 aliphatic carbocycles. The summed E-state index contributed by atoms with van der Waals surface area (Å²) in [4.78, 5) is 0. The van der Waals surface area contributed by atoms with E-state index in [9.17, 15) is 0 Å². The highest BCUT2D eigenvalue weighted by atomic mass is 16.5. The van der Waals surface area contributed by atoms with Gasteiger partial charge in [-0.25, -0.2) is 0 Å². The zero-order chi connectivity index (χ0) is 10.9. The van der Waals surface area contributed by atoms with Crippen molar-refractivity contribution < 1.29 is 4.74 Å². The molecule has 0 N–H and O–H groups in total. The Hall–Kier alpha value is -0.980. The maximum atomic E-state index is 5.61. The smallest absolute Gasteiger partial charge is 0.122 e. The molecule has 2 rings (SSSR count). The molecular weight excluding hydrogens is 184 g/mol. The van der Waals surface area contributed by atoms with Crippen LogP contribution in [0.3, 0.4) is 0 Å². The lowest BCUT2D eigenvalue weighted by molar-refractivity contribution is 0.288. The van der Waals surface area contributed by atoms with E-state index in [1.54, 1.807) is 0 Å². The number of aryl methyl sites for hydroxylation is 1. The summed E-state index contributed by atoms with van der Waals surface area (Å²) in [6.07, 6.45) is 3.47. The largest absolute Gasteiger partial charge is 0.493 e. The van der Waals surface area contributed by atoms with Gasteiger partial charge in [0.2, 0.25) is 0 Å². The minimum atomic E-state index is 0.365. The van der Waals surface area contributed by atoms with Crippen molar-refractivity contribution in [3.8, 4) is 5.75 Å². The molecule has 82 valence electrons. The van der Waals surface area contributed by atoms with Gasteiger partial charge in [0, 0.05) is 0 Å². The van der Waals surface area contributed by atoms with Crippen molar-refractivity contribution in [3.63, 3.8) is 0 Å². The predicted octanol–water partition coefficient (Wildman–Crippen LogP) is 3.60. The average Bonchev–Trinajstić information content (AvgIpc) is 2.15. The third-order valence-electron chi connectivity index (χ3n) is 2.71. The summed E-state index contributed by atoms with van der Waals surface area (Å²) in [6.45, 7) is 7.72. The molecule has 0 amide bonds. The van der Waals surface area contributed by atoms with E-state index >= 15 is 0 Å². The number of rotatable bonds is 1. The number of benzene rings is 1. The van der Waals surface area contributed by atoms with Crippen LogP contribution in [0.2, 0.25) is 0 Å². The Balaban J connectivity index is 2.21. The third-order valence-corrected chi connectivity index (χ3v) is 2.71. The van der Waals surface area contributed by atoms with E-state index in [0.29, 0.717) is 5.41 Å². The first kappa shape index (κ1) is 10.5. The van der Waals surface area contributed by atoms with Crippen LogP contribution in [0.15, 0.2) is 18.2 Å². The molecule has 0 aromatic heterocycles. The van der Waals surface area contributed by atoms with E-state index < -0.39 is 0 Å². The normalized spacial score (nSPS) is 15.7. The van der Waals surface area contributed by atoms with Crippen molar-refractivity contribution in [2.75, 3.05) is 6.61 Å². The van der Waals surface area contributed by atoms with Crippen LogP contribution in [-0.4, -0.2) is 6.61 Å². The summed E-state index contributed by atoms with van der Waals surface area (Å²) >= 11 is 0. The Bertz CT molecular complexity index is 347. The van der Waals surface area contributed by atoms with Crippen LogP contribution in [0.4, 0.5) is 0 Å². The monoisotopic (exact) mass is 204 g/mol. The van der Waals surface area contributed by atoms with Crippen molar-refractivity contribution in [3.05, 3.63) is 29.3 Å². The number of hydrogen-bond acceptors (Lipinski definition) is 1. The summed E-state index contributed by atoms with van der Waals surface area (Å²) in [5.41, 5.74) is 3.19. The molecule has 1 aromatic carbocycles. The fraction of sp³-hybridized carbons (Fsp3) is 0.571.